The minimum atomic E-state index is -0.279. The van der Waals surface area contributed by atoms with Gasteiger partial charge in [-0.1, -0.05) is 41.9 Å². The predicted molar refractivity (Wildman–Crippen MR) is 67.6 cm³/mol. The topological polar surface area (TPSA) is 42.1 Å². The Labute approximate surface area is 104 Å². The molecule has 88 valence electrons. The molecule has 0 aliphatic heterocycles. The van der Waals surface area contributed by atoms with E-state index in [0.717, 1.165) is 5.56 Å². The third-order valence-corrected chi connectivity index (χ3v) is 2.86. The van der Waals surface area contributed by atoms with Crippen molar-refractivity contribution in [1.29, 1.82) is 0 Å². The van der Waals surface area contributed by atoms with Crippen LogP contribution < -0.4 is 10.2 Å². The van der Waals surface area contributed by atoms with Crippen LogP contribution in [0.5, 0.6) is 5.75 Å². The summed E-state index contributed by atoms with van der Waals surface area (Å²) >= 11 is 5.84. The van der Waals surface area contributed by atoms with Crippen molar-refractivity contribution in [3.05, 3.63) is 63.0 Å². The molecule has 4 heteroatoms. The molecular formula is C13H12ClNO2. The van der Waals surface area contributed by atoms with E-state index in [1.165, 1.54) is 6.20 Å². The molecule has 3 nitrogen and oxygen atoms in total. The minimum Gasteiger partial charge on any atom is -0.483 e. The molecule has 2 aromatic rings. The summed E-state index contributed by atoms with van der Waals surface area (Å²) in [5, 5.41) is 0.176. The van der Waals surface area contributed by atoms with E-state index in [-0.39, 0.29) is 16.2 Å². The molecule has 1 aromatic heterocycles. The summed E-state index contributed by atoms with van der Waals surface area (Å²) in [5.74, 6) is 0.240. The Kier molecular flexibility index (Phi) is 3.49. The maximum absolute atomic E-state index is 11.7. The SMILES string of the molecule is Cc1[nH]cc(OCc2ccccc2)c(=O)c1Cl. The lowest BCUT2D eigenvalue weighted by Crippen LogP contribution is -2.10. The van der Waals surface area contributed by atoms with Gasteiger partial charge in [-0.2, -0.15) is 0 Å². The van der Waals surface area contributed by atoms with E-state index in [4.69, 9.17) is 16.3 Å². The highest BCUT2D eigenvalue weighted by Gasteiger charge is 2.07. The average molecular weight is 250 g/mol. The smallest absolute Gasteiger partial charge is 0.242 e. The van der Waals surface area contributed by atoms with Crippen LogP contribution in [0.4, 0.5) is 0 Å². The number of hydrogen-bond donors (Lipinski definition) is 1. The highest BCUT2D eigenvalue weighted by Crippen LogP contribution is 2.13. The third kappa shape index (κ3) is 2.68. The zero-order chi connectivity index (χ0) is 12.3. The number of benzene rings is 1. The first-order valence-electron chi connectivity index (χ1n) is 5.23. The first-order valence-corrected chi connectivity index (χ1v) is 5.61. The number of H-pyrrole nitrogens is 1. The van der Waals surface area contributed by atoms with Gasteiger partial charge in [0.15, 0.2) is 5.75 Å². The van der Waals surface area contributed by atoms with Gasteiger partial charge in [0.1, 0.15) is 11.6 Å². The molecule has 0 fully saturated rings. The molecule has 0 aliphatic carbocycles. The molecule has 0 spiro atoms. The number of aryl methyl sites for hydroxylation is 1. The van der Waals surface area contributed by atoms with Crippen molar-refractivity contribution in [3.63, 3.8) is 0 Å². The van der Waals surface area contributed by atoms with Crippen molar-refractivity contribution in [2.45, 2.75) is 13.5 Å². The second-order valence-corrected chi connectivity index (χ2v) is 4.07. The van der Waals surface area contributed by atoms with Gasteiger partial charge in [0, 0.05) is 11.9 Å². The molecule has 1 aromatic carbocycles. The van der Waals surface area contributed by atoms with Crippen molar-refractivity contribution in [2.24, 2.45) is 0 Å². The highest BCUT2D eigenvalue weighted by atomic mass is 35.5. The fourth-order valence-electron chi connectivity index (χ4n) is 1.42. The summed E-state index contributed by atoms with van der Waals surface area (Å²) in [6, 6.07) is 9.64. The number of nitrogens with one attached hydrogen (secondary N) is 1. The molecule has 0 bridgehead atoms. The normalized spacial score (nSPS) is 10.2. The number of hydrogen-bond acceptors (Lipinski definition) is 2. The van der Waals surface area contributed by atoms with Crippen molar-refractivity contribution >= 4 is 11.6 Å². The lowest BCUT2D eigenvalue weighted by molar-refractivity contribution is 0.302. The lowest BCUT2D eigenvalue weighted by atomic mass is 10.2. The van der Waals surface area contributed by atoms with Crippen molar-refractivity contribution in [1.82, 2.24) is 4.98 Å². The maximum atomic E-state index is 11.7. The van der Waals surface area contributed by atoms with Gasteiger partial charge in [-0.25, -0.2) is 0 Å². The van der Waals surface area contributed by atoms with E-state index in [0.29, 0.717) is 12.3 Å². The summed E-state index contributed by atoms with van der Waals surface area (Å²) in [5.41, 5.74) is 1.37. The molecule has 1 heterocycles. The number of aromatic nitrogens is 1. The summed E-state index contributed by atoms with van der Waals surface area (Å²) in [7, 11) is 0. The fraction of sp³-hybridized carbons (Fsp3) is 0.154. The first-order chi connectivity index (χ1) is 8.18. The van der Waals surface area contributed by atoms with E-state index in [1.54, 1.807) is 6.92 Å². The maximum Gasteiger partial charge on any atom is 0.242 e. The Morgan fingerprint density at radius 2 is 2.00 bits per heavy atom. The van der Waals surface area contributed by atoms with Gasteiger partial charge in [-0.05, 0) is 12.5 Å². The molecular weight excluding hydrogens is 238 g/mol. The average Bonchev–Trinajstić information content (AvgIpc) is 2.36. The number of aromatic amines is 1. The lowest BCUT2D eigenvalue weighted by Gasteiger charge is -2.06. The van der Waals surface area contributed by atoms with Crippen molar-refractivity contribution in [3.8, 4) is 5.75 Å². The van der Waals surface area contributed by atoms with E-state index in [9.17, 15) is 4.79 Å². The monoisotopic (exact) mass is 249 g/mol. The van der Waals surface area contributed by atoms with Gasteiger partial charge < -0.3 is 9.72 Å². The third-order valence-electron chi connectivity index (χ3n) is 2.41. The van der Waals surface area contributed by atoms with Crippen LogP contribution in [0.3, 0.4) is 0 Å². The number of rotatable bonds is 3. The van der Waals surface area contributed by atoms with Gasteiger partial charge in [-0.3, -0.25) is 4.79 Å². The minimum absolute atomic E-state index is 0.176. The largest absolute Gasteiger partial charge is 0.483 e. The quantitative estimate of drug-likeness (QED) is 0.909. The molecule has 2 rings (SSSR count). The fourth-order valence-corrected chi connectivity index (χ4v) is 1.57. The van der Waals surface area contributed by atoms with Crippen LogP contribution in [0.25, 0.3) is 0 Å². The molecule has 17 heavy (non-hydrogen) atoms. The molecule has 0 atom stereocenters. The molecule has 0 radical (unpaired) electrons. The van der Waals surface area contributed by atoms with Crippen LogP contribution in [-0.4, -0.2) is 4.98 Å². The second kappa shape index (κ2) is 5.06. The molecule has 0 saturated heterocycles. The summed E-state index contributed by atoms with van der Waals surface area (Å²) in [4.78, 5) is 14.6. The Morgan fingerprint density at radius 1 is 1.29 bits per heavy atom. The van der Waals surface area contributed by atoms with E-state index < -0.39 is 0 Å². The standard InChI is InChI=1S/C13H12ClNO2/c1-9-12(14)13(16)11(7-15-9)17-8-10-5-3-2-4-6-10/h2-7H,8H2,1H3,(H,15,16). The predicted octanol–water partition coefficient (Wildman–Crippen LogP) is 2.92. The number of ether oxygens (including phenoxy) is 1. The van der Waals surface area contributed by atoms with Crippen LogP contribution in [0.1, 0.15) is 11.3 Å². The molecule has 0 aliphatic rings. The van der Waals surface area contributed by atoms with Crippen LogP contribution in [0.2, 0.25) is 5.02 Å². The van der Waals surface area contributed by atoms with Crippen molar-refractivity contribution < 1.29 is 4.74 Å². The Balaban J connectivity index is 2.16. The Hall–Kier alpha value is -1.74. The first kappa shape index (κ1) is 11.7. The van der Waals surface area contributed by atoms with E-state index in [1.807, 2.05) is 30.3 Å². The summed E-state index contributed by atoms with van der Waals surface area (Å²) < 4.78 is 5.43. The zero-order valence-electron chi connectivity index (χ0n) is 9.37. The van der Waals surface area contributed by atoms with Gasteiger partial charge >= 0.3 is 0 Å². The molecule has 0 unspecified atom stereocenters. The molecule has 1 N–H and O–H groups in total. The van der Waals surface area contributed by atoms with Gasteiger partial charge in [0.25, 0.3) is 0 Å². The summed E-state index contributed by atoms with van der Waals surface area (Å²) in [6.45, 7) is 2.09. The number of halogens is 1. The van der Waals surface area contributed by atoms with Crippen LogP contribution in [0, 0.1) is 6.92 Å². The Morgan fingerprint density at radius 3 is 2.71 bits per heavy atom. The second-order valence-electron chi connectivity index (χ2n) is 3.70. The van der Waals surface area contributed by atoms with Crippen LogP contribution in [-0.2, 0) is 6.61 Å². The zero-order valence-corrected chi connectivity index (χ0v) is 10.1. The van der Waals surface area contributed by atoms with Crippen molar-refractivity contribution in [2.75, 3.05) is 0 Å². The van der Waals surface area contributed by atoms with Gasteiger partial charge in [0.2, 0.25) is 5.43 Å². The van der Waals surface area contributed by atoms with Crippen LogP contribution >= 0.6 is 11.6 Å². The van der Waals surface area contributed by atoms with Crippen LogP contribution in [0.15, 0.2) is 41.3 Å². The van der Waals surface area contributed by atoms with E-state index in [2.05, 4.69) is 4.98 Å². The van der Waals surface area contributed by atoms with E-state index >= 15 is 0 Å². The van der Waals surface area contributed by atoms with Gasteiger partial charge in [0.05, 0.1) is 0 Å². The highest BCUT2D eigenvalue weighted by molar-refractivity contribution is 6.31. The molecule has 0 saturated carbocycles. The molecule has 0 amide bonds. The summed E-state index contributed by atoms with van der Waals surface area (Å²) in [6.07, 6.45) is 1.53. The number of pyridine rings is 1. The van der Waals surface area contributed by atoms with Gasteiger partial charge in [-0.15, -0.1) is 0 Å². The Bertz CT molecular complexity index is 563.